The Morgan fingerprint density at radius 2 is 1.36 bits per heavy atom. The van der Waals surface area contributed by atoms with Gasteiger partial charge in [0.1, 0.15) is 41.3 Å². The zero-order chi connectivity index (χ0) is 27.9. The number of hydrogen-bond acceptors (Lipinski definition) is 10. The molecule has 0 radical (unpaired) electrons. The molecule has 204 valence electrons. The van der Waals surface area contributed by atoms with Gasteiger partial charge in [0.2, 0.25) is 6.29 Å². The Bertz CT molecular complexity index is 1320. The second kappa shape index (κ2) is 12.5. The molecule has 3 aromatic rings. The van der Waals surface area contributed by atoms with Crippen molar-refractivity contribution >= 4 is 24.2 Å². The first-order valence-electron chi connectivity index (χ1n) is 12.0. The molecule has 1 heterocycles. The highest BCUT2D eigenvalue weighted by molar-refractivity contribution is 5.87. The van der Waals surface area contributed by atoms with Crippen LogP contribution in [-0.4, -0.2) is 73.9 Å². The maximum atomic E-state index is 12.5. The Balaban J connectivity index is 1.52. The van der Waals surface area contributed by atoms with E-state index in [0.717, 1.165) is 11.6 Å². The van der Waals surface area contributed by atoms with Gasteiger partial charge in [-0.25, -0.2) is 4.79 Å². The van der Waals surface area contributed by atoms with E-state index in [2.05, 4.69) is 0 Å². The maximum Gasteiger partial charge on any atom is 0.331 e. The lowest BCUT2D eigenvalue weighted by atomic mass is 9.99. The van der Waals surface area contributed by atoms with E-state index in [4.69, 9.17) is 14.2 Å². The van der Waals surface area contributed by atoms with Crippen molar-refractivity contribution < 1.29 is 49.6 Å². The SMILES string of the molecule is O=C(C=Cc1ccc(O)cc1)OC1C(Oc2cc(O)cc(C=Cc3ccc(O)cc3)c2)OC(CO)C(O)C1O. The normalized spacial score (nSPS) is 23.2. The van der Waals surface area contributed by atoms with E-state index in [0.29, 0.717) is 11.1 Å². The van der Waals surface area contributed by atoms with E-state index in [9.17, 15) is 35.4 Å². The number of benzene rings is 3. The molecule has 0 aliphatic carbocycles. The van der Waals surface area contributed by atoms with E-state index < -0.39 is 43.3 Å². The molecule has 0 bridgehead atoms. The molecule has 1 saturated heterocycles. The summed E-state index contributed by atoms with van der Waals surface area (Å²) in [7, 11) is 0. The van der Waals surface area contributed by atoms with Crippen molar-refractivity contribution in [2.24, 2.45) is 0 Å². The number of aromatic hydroxyl groups is 3. The van der Waals surface area contributed by atoms with Crippen molar-refractivity contribution in [1.82, 2.24) is 0 Å². The highest BCUT2D eigenvalue weighted by atomic mass is 16.7. The minimum absolute atomic E-state index is 0.0653. The monoisotopic (exact) mass is 536 g/mol. The fraction of sp³-hybridized carbons (Fsp3) is 0.207. The van der Waals surface area contributed by atoms with Gasteiger partial charge in [0, 0.05) is 12.1 Å². The summed E-state index contributed by atoms with van der Waals surface area (Å²) in [4.78, 5) is 12.5. The quantitative estimate of drug-likeness (QED) is 0.143. The third-order valence-corrected chi connectivity index (χ3v) is 5.91. The van der Waals surface area contributed by atoms with Gasteiger partial charge in [0.15, 0.2) is 6.10 Å². The zero-order valence-corrected chi connectivity index (χ0v) is 20.6. The van der Waals surface area contributed by atoms with E-state index in [1.807, 2.05) is 0 Å². The van der Waals surface area contributed by atoms with Gasteiger partial charge in [-0.2, -0.15) is 0 Å². The molecule has 5 atom stereocenters. The van der Waals surface area contributed by atoms with Crippen molar-refractivity contribution in [3.05, 3.63) is 89.5 Å². The summed E-state index contributed by atoms with van der Waals surface area (Å²) in [6.07, 6.45) is -1.40. The van der Waals surface area contributed by atoms with Gasteiger partial charge in [-0.3, -0.25) is 0 Å². The van der Waals surface area contributed by atoms with Crippen LogP contribution in [0.15, 0.2) is 72.8 Å². The molecule has 1 aliphatic heterocycles. The van der Waals surface area contributed by atoms with E-state index in [-0.39, 0.29) is 23.0 Å². The molecule has 10 heteroatoms. The number of aliphatic hydroxyl groups is 3. The Labute approximate surface area is 223 Å². The Kier molecular flexibility index (Phi) is 8.84. The molecule has 6 N–H and O–H groups in total. The number of esters is 1. The smallest absolute Gasteiger partial charge is 0.331 e. The van der Waals surface area contributed by atoms with Crippen LogP contribution in [-0.2, 0) is 14.3 Å². The molecular weight excluding hydrogens is 508 g/mol. The topological polar surface area (TPSA) is 166 Å². The molecule has 0 aromatic heterocycles. The Morgan fingerprint density at radius 1 is 0.769 bits per heavy atom. The zero-order valence-electron chi connectivity index (χ0n) is 20.6. The van der Waals surface area contributed by atoms with Gasteiger partial charge in [0.05, 0.1) is 6.61 Å². The third kappa shape index (κ3) is 7.37. The molecule has 4 rings (SSSR count). The second-order valence-electron chi connectivity index (χ2n) is 8.84. The molecule has 10 nitrogen and oxygen atoms in total. The first-order valence-corrected chi connectivity index (χ1v) is 12.0. The van der Waals surface area contributed by atoms with Crippen molar-refractivity contribution in [1.29, 1.82) is 0 Å². The van der Waals surface area contributed by atoms with Crippen LogP contribution in [0.1, 0.15) is 16.7 Å². The first-order chi connectivity index (χ1) is 18.7. The Hall–Kier alpha value is -4.35. The fourth-order valence-electron chi connectivity index (χ4n) is 3.88. The number of rotatable bonds is 8. The van der Waals surface area contributed by atoms with Crippen molar-refractivity contribution in [3.63, 3.8) is 0 Å². The summed E-state index contributed by atoms with van der Waals surface area (Å²) in [5.41, 5.74) is 1.94. The van der Waals surface area contributed by atoms with Gasteiger partial charge in [-0.05, 0) is 59.2 Å². The lowest BCUT2D eigenvalue weighted by molar-refractivity contribution is -0.281. The predicted molar refractivity (Wildman–Crippen MR) is 141 cm³/mol. The van der Waals surface area contributed by atoms with Crippen LogP contribution in [0, 0.1) is 0 Å². The molecule has 1 fully saturated rings. The van der Waals surface area contributed by atoms with Gasteiger partial charge in [-0.15, -0.1) is 0 Å². The maximum absolute atomic E-state index is 12.5. The van der Waals surface area contributed by atoms with Crippen LogP contribution in [0.25, 0.3) is 18.2 Å². The number of carbonyl (C=O) groups excluding carboxylic acids is 1. The second-order valence-corrected chi connectivity index (χ2v) is 8.84. The molecule has 1 aliphatic rings. The number of phenolic OH excluding ortho intramolecular Hbond substituents is 3. The first kappa shape index (κ1) is 27.7. The lowest BCUT2D eigenvalue weighted by Gasteiger charge is -2.41. The number of hydrogen-bond donors (Lipinski definition) is 6. The minimum Gasteiger partial charge on any atom is -0.508 e. The van der Waals surface area contributed by atoms with Crippen LogP contribution < -0.4 is 4.74 Å². The van der Waals surface area contributed by atoms with Crippen molar-refractivity contribution in [2.75, 3.05) is 6.61 Å². The molecule has 5 unspecified atom stereocenters. The lowest BCUT2D eigenvalue weighted by Crippen LogP contribution is -2.61. The fourth-order valence-corrected chi connectivity index (χ4v) is 3.88. The average molecular weight is 537 g/mol. The van der Waals surface area contributed by atoms with Crippen LogP contribution in [0.4, 0.5) is 0 Å². The molecule has 39 heavy (non-hydrogen) atoms. The molecule has 0 amide bonds. The number of ether oxygens (including phenoxy) is 3. The van der Waals surface area contributed by atoms with Gasteiger partial charge >= 0.3 is 5.97 Å². The van der Waals surface area contributed by atoms with Crippen molar-refractivity contribution in [2.45, 2.75) is 30.7 Å². The summed E-state index contributed by atoms with van der Waals surface area (Å²) in [6, 6.07) is 16.9. The van der Waals surface area contributed by atoms with E-state index in [1.54, 1.807) is 42.5 Å². The van der Waals surface area contributed by atoms with Crippen LogP contribution in [0.5, 0.6) is 23.0 Å². The number of carbonyl (C=O) groups is 1. The summed E-state index contributed by atoms with van der Waals surface area (Å²) >= 11 is 0. The predicted octanol–water partition coefficient (Wildman–Crippen LogP) is 2.42. The number of aliphatic hydroxyl groups excluding tert-OH is 3. The van der Waals surface area contributed by atoms with Crippen LogP contribution in [0.3, 0.4) is 0 Å². The largest absolute Gasteiger partial charge is 0.508 e. The summed E-state index contributed by atoms with van der Waals surface area (Å²) < 4.78 is 16.8. The van der Waals surface area contributed by atoms with Crippen LogP contribution in [0.2, 0.25) is 0 Å². The summed E-state index contributed by atoms with van der Waals surface area (Å²) in [5, 5.41) is 59.6. The van der Waals surface area contributed by atoms with E-state index in [1.165, 1.54) is 42.5 Å². The van der Waals surface area contributed by atoms with Gasteiger partial charge in [-0.1, -0.05) is 36.4 Å². The summed E-state index contributed by atoms with van der Waals surface area (Å²) in [6.45, 7) is -0.639. The molecule has 0 spiro atoms. The van der Waals surface area contributed by atoms with Crippen LogP contribution >= 0.6 is 0 Å². The minimum atomic E-state index is -1.65. The van der Waals surface area contributed by atoms with Crippen molar-refractivity contribution in [3.8, 4) is 23.0 Å². The highest BCUT2D eigenvalue weighted by Crippen LogP contribution is 2.30. The number of phenols is 3. The molecular formula is C29H28O10. The third-order valence-electron chi connectivity index (χ3n) is 5.91. The van der Waals surface area contributed by atoms with Gasteiger partial charge in [0.25, 0.3) is 0 Å². The van der Waals surface area contributed by atoms with E-state index >= 15 is 0 Å². The average Bonchev–Trinajstić information content (AvgIpc) is 2.92. The van der Waals surface area contributed by atoms with Gasteiger partial charge < -0.3 is 44.8 Å². The summed E-state index contributed by atoms with van der Waals surface area (Å²) in [5.74, 6) is -0.708. The standard InChI is InChI=1S/C29H28O10/c30-16-24-26(35)27(36)28(39-25(34)12-7-18-5-10-21(32)11-6-18)29(38-24)37-23-14-19(13-22(33)15-23)2-1-17-3-8-20(31)9-4-17/h1-15,24,26-33,35-36H,16H2. The highest BCUT2D eigenvalue weighted by Gasteiger charge is 2.47. The molecule has 3 aromatic carbocycles. The molecule has 0 saturated carbocycles. The Morgan fingerprint density at radius 3 is 1.97 bits per heavy atom.